The zero-order chi connectivity index (χ0) is 20.2. The van der Waals surface area contributed by atoms with Gasteiger partial charge in [-0.3, -0.25) is 4.79 Å². The molecular weight excluding hydrogens is 446 g/mol. The molecule has 0 unspecified atom stereocenters. The minimum absolute atomic E-state index is 0.0461. The van der Waals surface area contributed by atoms with Crippen LogP contribution in [0.2, 0.25) is 5.02 Å². The van der Waals surface area contributed by atoms with Gasteiger partial charge in [0, 0.05) is 27.6 Å². The second-order valence-electron chi connectivity index (χ2n) is 7.47. The average molecular weight is 465 g/mol. The number of hydrogen-bond acceptors (Lipinski definition) is 4. The molecule has 3 aromatic rings. The third-order valence-electron chi connectivity index (χ3n) is 5.26. The molecule has 3 N–H and O–H groups in total. The SMILES string of the molecule is CC1(C)c2cc(OC[C@H](O)CO)c(Br)cc2C(=O)c2c1[nH]c1cccc(Cl)c21. The predicted octanol–water partition coefficient (Wildman–Crippen LogP) is 4.19. The maximum absolute atomic E-state index is 13.4. The summed E-state index contributed by atoms with van der Waals surface area (Å²) in [7, 11) is 0. The van der Waals surface area contributed by atoms with Crippen molar-refractivity contribution in [1.82, 2.24) is 4.98 Å². The quantitative estimate of drug-likeness (QED) is 0.541. The molecule has 1 atom stereocenters. The van der Waals surface area contributed by atoms with Crippen molar-refractivity contribution >= 4 is 44.2 Å². The van der Waals surface area contributed by atoms with E-state index in [2.05, 4.69) is 20.9 Å². The fourth-order valence-electron chi connectivity index (χ4n) is 3.78. The predicted molar refractivity (Wildman–Crippen MR) is 112 cm³/mol. The van der Waals surface area contributed by atoms with Crippen molar-refractivity contribution in [2.45, 2.75) is 25.4 Å². The smallest absolute Gasteiger partial charge is 0.195 e. The number of nitrogens with one attached hydrogen (secondary N) is 1. The van der Waals surface area contributed by atoms with Gasteiger partial charge in [-0.2, -0.15) is 0 Å². The lowest BCUT2D eigenvalue weighted by Gasteiger charge is -2.32. The van der Waals surface area contributed by atoms with E-state index in [1.165, 1.54) is 0 Å². The van der Waals surface area contributed by atoms with Crippen LogP contribution in [0, 0.1) is 0 Å². The summed E-state index contributed by atoms with van der Waals surface area (Å²) >= 11 is 9.87. The van der Waals surface area contributed by atoms with Gasteiger partial charge in [-0.05, 0) is 45.8 Å². The summed E-state index contributed by atoms with van der Waals surface area (Å²) < 4.78 is 6.26. The number of rotatable bonds is 4. The van der Waals surface area contributed by atoms with E-state index in [1.54, 1.807) is 12.1 Å². The molecule has 28 heavy (non-hydrogen) atoms. The van der Waals surface area contributed by atoms with Gasteiger partial charge in [-0.1, -0.05) is 31.5 Å². The van der Waals surface area contributed by atoms with Crippen molar-refractivity contribution in [3.63, 3.8) is 0 Å². The monoisotopic (exact) mass is 463 g/mol. The second kappa shape index (κ2) is 6.88. The van der Waals surface area contributed by atoms with E-state index in [-0.39, 0.29) is 19.0 Å². The number of aromatic amines is 1. The van der Waals surface area contributed by atoms with Crippen molar-refractivity contribution in [2.24, 2.45) is 0 Å². The molecule has 0 saturated heterocycles. The summed E-state index contributed by atoms with van der Waals surface area (Å²) in [6, 6.07) is 9.11. The van der Waals surface area contributed by atoms with Gasteiger partial charge in [0.2, 0.25) is 0 Å². The Morgan fingerprint density at radius 2 is 2.07 bits per heavy atom. The highest BCUT2D eigenvalue weighted by Crippen LogP contribution is 2.47. The molecule has 0 radical (unpaired) electrons. The number of aliphatic hydroxyl groups excluding tert-OH is 2. The fourth-order valence-corrected chi connectivity index (χ4v) is 4.50. The number of benzene rings is 2. The summed E-state index contributed by atoms with van der Waals surface area (Å²) in [5.41, 5.74) is 3.17. The molecule has 0 amide bonds. The van der Waals surface area contributed by atoms with Crippen LogP contribution in [0.5, 0.6) is 5.75 Å². The Hall–Kier alpha value is -1.86. The standard InChI is InChI=1S/C21H19BrClNO4/c1-21(2)12-7-16(28-9-10(26)8-25)13(22)6-11(12)19(27)18-17-14(23)4-3-5-15(17)24-20(18)21/h3-7,10,24-26H,8-9H2,1-2H3/t10-/m1/s1. The topological polar surface area (TPSA) is 82.5 Å². The summed E-state index contributed by atoms with van der Waals surface area (Å²) in [5, 5.41) is 19.8. The second-order valence-corrected chi connectivity index (χ2v) is 8.73. The Morgan fingerprint density at radius 1 is 1.32 bits per heavy atom. The molecule has 0 aliphatic heterocycles. The highest BCUT2D eigenvalue weighted by atomic mass is 79.9. The number of carbonyl (C=O) groups is 1. The van der Waals surface area contributed by atoms with Gasteiger partial charge in [-0.15, -0.1) is 0 Å². The number of fused-ring (bicyclic) bond motifs is 4. The van der Waals surface area contributed by atoms with E-state index in [0.717, 1.165) is 22.2 Å². The zero-order valence-electron chi connectivity index (χ0n) is 15.3. The largest absolute Gasteiger partial charge is 0.490 e. The van der Waals surface area contributed by atoms with Gasteiger partial charge in [0.15, 0.2) is 5.78 Å². The Balaban J connectivity index is 1.89. The Labute approximate surface area is 175 Å². The van der Waals surface area contributed by atoms with Gasteiger partial charge >= 0.3 is 0 Å². The molecule has 1 aliphatic rings. The third-order valence-corrected chi connectivity index (χ3v) is 6.19. The highest BCUT2D eigenvalue weighted by Gasteiger charge is 2.40. The molecule has 1 aromatic heterocycles. The molecule has 0 saturated carbocycles. The van der Waals surface area contributed by atoms with Crippen LogP contribution < -0.4 is 4.74 Å². The van der Waals surface area contributed by atoms with Crippen molar-refractivity contribution in [3.8, 4) is 5.75 Å². The number of aliphatic hydroxyl groups is 2. The number of ether oxygens (including phenoxy) is 1. The lowest BCUT2D eigenvalue weighted by atomic mass is 9.71. The van der Waals surface area contributed by atoms with Crippen LogP contribution in [0.25, 0.3) is 10.9 Å². The number of hydrogen-bond donors (Lipinski definition) is 3. The number of ketones is 1. The molecular formula is C21H19BrClNO4. The summed E-state index contributed by atoms with van der Waals surface area (Å²) in [4.78, 5) is 16.8. The normalized spacial score (nSPS) is 16.0. The van der Waals surface area contributed by atoms with Crippen LogP contribution >= 0.6 is 27.5 Å². The van der Waals surface area contributed by atoms with E-state index < -0.39 is 11.5 Å². The van der Waals surface area contributed by atoms with Crippen molar-refractivity contribution in [1.29, 1.82) is 0 Å². The first kappa shape index (κ1) is 19.5. The van der Waals surface area contributed by atoms with Gasteiger partial charge in [0.1, 0.15) is 18.5 Å². The van der Waals surface area contributed by atoms with Crippen molar-refractivity contribution in [3.05, 3.63) is 62.2 Å². The number of halogens is 2. The molecule has 146 valence electrons. The Morgan fingerprint density at radius 3 is 2.79 bits per heavy atom. The van der Waals surface area contributed by atoms with Gasteiger partial charge < -0.3 is 19.9 Å². The lowest BCUT2D eigenvalue weighted by molar-refractivity contribution is 0.0533. The maximum atomic E-state index is 13.4. The van der Waals surface area contributed by atoms with E-state index in [4.69, 9.17) is 21.4 Å². The Kier molecular flexibility index (Phi) is 4.78. The van der Waals surface area contributed by atoms with Crippen LogP contribution in [0.1, 0.15) is 41.0 Å². The van der Waals surface area contributed by atoms with Gasteiger partial charge in [0.25, 0.3) is 0 Å². The van der Waals surface area contributed by atoms with Gasteiger partial charge in [0.05, 0.1) is 21.7 Å². The molecule has 0 bridgehead atoms. The maximum Gasteiger partial charge on any atom is 0.195 e. The van der Waals surface area contributed by atoms with Crippen molar-refractivity contribution < 1.29 is 19.7 Å². The molecule has 0 spiro atoms. The van der Waals surface area contributed by atoms with E-state index >= 15 is 0 Å². The first-order chi connectivity index (χ1) is 13.3. The molecule has 2 aromatic carbocycles. The minimum atomic E-state index is -0.972. The summed E-state index contributed by atoms with van der Waals surface area (Å²) in [6.07, 6.45) is -0.972. The molecule has 1 heterocycles. The van der Waals surface area contributed by atoms with Crippen LogP contribution in [0.4, 0.5) is 0 Å². The van der Waals surface area contributed by atoms with Crippen LogP contribution in [-0.4, -0.2) is 40.3 Å². The van der Waals surface area contributed by atoms with Crippen LogP contribution in [0.15, 0.2) is 34.8 Å². The summed E-state index contributed by atoms with van der Waals surface area (Å²) in [6.45, 7) is 3.66. The first-order valence-electron chi connectivity index (χ1n) is 8.86. The summed E-state index contributed by atoms with van der Waals surface area (Å²) in [5.74, 6) is 0.413. The van der Waals surface area contributed by atoms with Crippen LogP contribution in [0.3, 0.4) is 0 Å². The van der Waals surface area contributed by atoms with Crippen molar-refractivity contribution in [2.75, 3.05) is 13.2 Å². The molecule has 0 fully saturated rings. The van der Waals surface area contributed by atoms with Gasteiger partial charge in [-0.25, -0.2) is 0 Å². The van der Waals surface area contributed by atoms with E-state index in [0.29, 0.717) is 26.4 Å². The van der Waals surface area contributed by atoms with Crippen LogP contribution in [-0.2, 0) is 5.41 Å². The van der Waals surface area contributed by atoms with E-state index in [1.807, 2.05) is 32.0 Å². The molecule has 1 aliphatic carbocycles. The minimum Gasteiger partial charge on any atom is -0.490 e. The number of H-pyrrole nitrogens is 1. The molecule has 7 heteroatoms. The number of aromatic nitrogens is 1. The molecule has 4 rings (SSSR count). The Bertz CT molecular complexity index is 1110. The lowest BCUT2D eigenvalue weighted by Crippen LogP contribution is -2.30. The zero-order valence-corrected chi connectivity index (χ0v) is 17.7. The number of carbonyl (C=O) groups excluding carboxylic acids is 1. The first-order valence-corrected chi connectivity index (χ1v) is 10.0. The van der Waals surface area contributed by atoms with E-state index in [9.17, 15) is 9.90 Å². The molecule has 5 nitrogen and oxygen atoms in total. The average Bonchev–Trinajstić information content (AvgIpc) is 3.07. The third kappa shape index (κ3) is 2.87. The highest BCUT2D eigenvalue weighted by molar-refractivity contribution is 9.10. The fraction of sp³-hybridized carbons (Fsp3) is 0.286.